The molecule has 10 rings (SSSR count). The van der Waals surface area contributed by atoms with E-state index in [1.165, 1.54) is 42.6 Å². The summed E-state index contributed by atoms with van der Waals surface area (Å²) < 4.78 is 14.5. The molecule has 0 aliphatic rings. The van der Waals surface area contributed by atoms with E-state index in [0.717, 1.165) is 63.2 Å². The molecule has 0 saturated carbocycles. The topological polar surface area (TPSA) is 203 Å². The van der Waals surface area contributed by atoms with Gasteiger partial charge in [0.1, 0.15) is 63.8 Å². The summed E-state index contributed by atoms with van der Waals surface area (Å²) in [4.78, 5) is 38.8. The zero-order chi connectivity index (χ0) is 48.0. The standard InChI is InChI=1S/C7H4Br2ClN3.C7H5BrClN3.C7H6ClN3.C7H7N3O.C6H4BrN3O.C4H9.BHNS.Li/c1-3-4(8)5-7(10)11-2-12-13(5)6(3)9;1-4-2-12-6(5(4)8)7(9)10-3-11-12;1-5-2-6-7(8)9-4-10-11(6)3-5;1-5-2-6-7(11)8-4-9-10(6)3-5;7-4-1-5-6(11)8-3-9-10(5)2-4;1-3-4-2;1-2-3;/h2H,1H3;2-3H,1H3;2-4H,1H3;2-4H,1H3,(H,8,9,11);1-3H,(H,8,9,11);1,3-4H2,2H3;3H;/q;;;;;-1;;+1. The number of hydrogen-bond donors (Lipinski definition) is 3. The number of nitrogens with zero attached hydrogens (tertiary/aromatic N) is 14. The molecule has 339 valence electrons. The molecule has 0 fully saturated rings. The van der Waals surface area contributed by atoms with Crippen molar-refractivity contribution in [2.24, 2.45) is 4.30 Å². The Balaban J connectivity index is 0.000000211. The van der Waals surface area contributed by atoms with Crippen molar-refractivity contribution >= 4 is 147 Å². The van der Waals surface area contributed by atoms with Gasteiger partial charge in [0.05, 0.1) is 8.95 Å². The van der Waals surface area contributed by atoms with Crippen LogP contribution in [0.5, 0.6) is 0 Å². The van der Waals surface area contributed by atoms with Gasteiger partial charge in [-0.2, -0.15) is 31.9 Å². The fourth-order valence-electron chi connectivity index (χ4n) is 5.16. The Bertz CT molecular complexity index is 3220. The summed E-state index contributed by atoms with van der Waals surface area (Å²) in [6.45, 7) is 13.6. The van der Waals surface area contributed by atoms with E-state index >= 15 is 0 Å². The molecular formula is C38H36BBr4Cl3LiN16O2S. The third-order valence-electron chi connectivity index (χ3n) is 8.19. The Morgan fingerprint density at radius 2 is 1.14 bits per heavy atom. The first-order chi connectivity index (χ1) is 31.0. The second-order valence-corrected chi connectivity index (χ2v) is 17.5. The second kappa shape index (κ2) is 27.3. The van der Waals surface area contributed by atoms with Gasteiger partial charge in [-0.1, -0.05) is 48.1 Å². The molecule has 10 aromatic rings. The van der Waals surface area contributed by atoms with Crippen molar-refractivity contribution in [2.45, 2.75) is 47.5 Å². The first-order valence-corrected chi connectivity index (χ1v) is 23.2. The van der Waals surface area contributed by atoms with Crippen LogP contribution in [-0.2, 0) is 0 Å². The van der Waals surface area contributed by atoms with Gasteiger partial charge in [0.25, 0.3) is 11.1 Å². The summed E-state index contributed by atoms with van der Waals surface area (Å²) in [6, 6.07) is 5.46. The van der Waals surface area contributed by atoms with Crippen molar-refractivity contribution in [2.75, 3.05) is 0 Å². The van der Waals surface area contributed by atoms with Crippen molar-refractivity contribution in [3.63, 3.8) is 0 Å². The molecule has 10 aromatic heterocycles. The van der Waals surface area contributed by atoms with Crippen molar-refractivity contribution in [1.29, 1.82) is 0 Å². The number of unbranched alkanes of at least 4 members (excludes halogenated alkanes) is 1. The summed E-state index contributed by atoms with van der Waals surface area (Å²) in [7, 11) is 4.34. The summed E-state index contributed by atoms with van der Waals surface area (Å²) in [5.41, 5.74) is 7.67. The summed E-state index contributed by atoms with van der Waals surface area (Å²) >= 11 is 34.3. The maximum absolute atomic E-state index is 11.1. The number of aromatic amines is 2. The second-order valence-electron chi connectivity index (χ2n) is 12.9. The molecule has 0 amide bonds. The van der Waals surface area contributed by atoms with Crippen LogP contribution in [0.15, 0.2) is 107 Å². The fourth-order valence-corrected chi connectivity index (χ4v) is 8.18. The zero-order valence-electron chi connectivity index (χ0n) is 35.8. The molecule has 10 heterocycles. The number of fused-ring (bicyclic) bond motifs is 5. The van der Waals surface area contributed by atoms with Crippen molar-refractivity contribution < 1.29 is 18.9 Å². The van der Waals surface area contributed by atoms with Crippen LogP contribution < -0.4 is 30.0 Å². The smallest absolute Gasteiger partial charge is 0.343 e. The molecule has 18 nitrogen and oxygen atoms in total. The predicted octanol–water partition coefficient (Wildman–Crippen LogP) is 7.28. The molecule has 0 aromatic carbocycles. The molecule has 28 heteroatoms. The van der Waals surface area contributed by atoms with Gasteiger partial charge < -0.3 is 16.9 Å². The van der Waals surface area contributed by atoms with Crippen molar-refractivity contribution in [3.05, 3.63) is 158 Å². The fraction of sp³-hybridized carbons (Fsp3) is 0.184. The Kier molecular flexibility index (Phi) is 23.5. The largest absolute Gasteiger partial charge is 1.00 e. The molecule has 66 heavy (non-hydrogen) atoms. The molecule has 0 spiro atoms. The minimum Gasteiger partial charge on any atom is -0.343 e. The molecular weight excluding hydrogens is 1190 g/mol. The van der Waals surface area contributed by atoms with Gasteiger partial charge in [0.15, 0.2) is 15.5 Å². The van der Waals surface area contributed by atoms with Crippen LogP contribution in [0.3, 0.4) is 0 Å². The Morgan fingerprint density at radius 3 is 1.62 bits per heavy atom. The third-order valence-corrected chi connectivity index (χ3v) is 12.4. The first kappa shape index (κ1) is 56.6. The number of hydrogen-bond acceptors (Lipinski definition) is 12. The number of H-pyrrole nitrogens is 2. The molecule has 0 aliphatic heterocycles. The summed E-state index contributed by atoms with van der Waals surface area (Å²) in [5.74, 6) is 0. The van der Waals surface area contributed by atoms with E-state index < -0.39 is 0 Å². The van der Waals surface area contributed by atoms with Crippen LogP contribution in [-0.4, -0.2) is 80.6 Å². The maximum atomic E-state index is 11.1. The average molecular weight is 1220 g/mol. The van der Waals surface area contributed by atoms with Crippen LogP contribution in [0.2, 0.25) is 15.5 Å². The van der Waals surface area contributed by atoms with E-state index in [1.807, 2.05) is 52.4 Å². The Morgan fingerprint density at radius 1 is 0.682 bits per heavy atom. The number of thiol groups is 1. The Hall–Kier alpha value is -3.70. The number of rotatable bonds is 1. The van der Waals surface area contributed by atoms with Gasteiger partial charge in [-0.15, -0.1) is 0 Å². The molecule has 1 radical (unpaired) electrons. The Labute approximate surface area is 444 Å². The number of aromatic nitrogens is 15. The maximum Gasteiger partial charge on any atom is 1.00 e. The SMILES string of the molecule is Cc1c(Br)c2c(Cl)ncnn2c1Br.Cc1cc2c(=O)[nH]cnn2c1.Cc1cc2c(Cl)ncnn2c1.Cc1cn2ncnc(Cl)c2c1Br.O=c1[nH]cnn2cc(Br)cc12.[B]=NS.[CH2-]CCC.[Li+]. The van der Waals surface area contributed by atoms with Crippen LogP contribution in [0.25, 0.3) is 27.6 Å². The number of aryl methyl sites for hydroxylation is 3. The van der Waals surface area contributed by atoms with Crippen molar-refractivity contribution in [3.8, 4) is 0 Å². The monoisotopic (exact) mass is 1220 g/mol. The van der Waals surface area contributed by atoms with Gasteiger partial charge in [-0.25, -0.2) is 37.5 Å². The molecule has 0 atom stereocenters. The minimum atomic E-state index is -0.134. The molecule has 0 bridgehead atoms. The van der Waals surface area contributed by atoms with E-state index in [1.54, 1.807) is 36.4 Å². The van der Waals surface area contributed by atoms with Crippen LogP contribution in [0, 0.1) is 34.6 Å². The summed E-state index contributed by atoms with van der Waals surface area (Å²) in [5, 5.41) is 21.3. The average Bonchev–Trinajstić information content (AvgIpc) is 4.08. The first-order valence-electron chi connectivity index (χ1n) is 18.5. The molecule has 0 aliphatic carbocycles. The van der Waals surface area contributed by atoms with E-state index in [-0.39, 0.29) is 30.0 Å². The predicted molar refractivity (Wildman–Crippen MR) is 273 cm³/mol. The van der Waals surface area contributed by atoms with Gasteiger partial charge in [-0.05, 0) is 132 Å². The molecule has 2 N–H and O–H groups in total. The van der Waals surface area contributed by atoms with Crippen molar-refractivity contribution in [1.82, 2.24) is 73.0 Å². The van der Waals surface area contributed by atoms with Gasteiger partial charge >= 0.3 is 43.6 Å². The normalized spacial score (nSPS) is 10.1. The van der Waals surface area contributed by atoms with Gasteiger partial charge in [0, 0.05) is 29.3 Å². The van der Waals surface area contributed by atoms with Gasteiger partial charge in [0.2, 0.25) is 0 Å². The van der Waals surface area contributed by atoms with E-state index in [4.69, 9.17) is 34.8 Å². The zero-order valence-corrected chi connectivity index (χ0v) is 45.3. The minimum absolute atomic E-state index is 0. The number of halogens is 7. The van der Waals surface area contributed by atoms with Crippen LogP contribution >= 0.6 is 111 Å². The third kappa shape index (κ3) is 14.9. The molecule has 0 saturated heterocycles. The molecule has 0 unspecified atom stereocenters. The summed E-state index contributed by atoms with van der Waals surface area (Å²) in [6.07, 6.45) is 16.7. The van der Waals surface area contributed by atoms with Crippen LogP contribution in [0.4, 0.5) is 0 Å². The quantitative estimate of drug-likeness (QED) is 0.0852. The van der Waals surface area contributed by atoms with E-state index in [2.05, 4.69) is 153 Å². The number of nitrogens with one attached hydrogen (secondary N) is 2. The van der Waals surface area contributed by atoms with E-state index in [0.29, 0.717) is 26.5 Å². The van der Waals surface area contributed by atoms with Gasteiger partial charge in [-0.3, -0.25) is 9.59 Å². The van der Waals surface area contributed by atoms with Crippen LogP contribution in [0.1, 0.15) is 42.0 Å². The van der Waals surface area contributed by atoms with E-state index in [9.17, 15) is 9.59 Å².